The molecule has 2 saturated heterocycles. The van der Waals surface area contributed by atoms with Crippen LogP contribution >= 0.6 is 23.2 Å². The number of allylic oxidation sites excluding steroid dienone is 3. The molecule has 6 unspecified atom stereocenters. The third-order valence-corrected chi connectivity index (χ3v) is 12.6. The molecule has 3 heterocycles. The topological polar surface area (TPSA) is 169 Å². The Kier molecular flexibility index (Phi) is 8.63. The monoisotopic (exact) mass is 806 g/mol. The minimum atomic E-state index is -1.61. The molecule has 0 spiro atoms. The molecule has 4 amide bonds. The normalized spacial score (nSPS) is 26.1. The van der Waals surface area contributed by atoms with Gasteiger partial charge in [0, 0.05) is 35.1 Å². The SMILES string of the molecule is COc1ccc(C23C(=O)N(Nc4ccc(Cl)cc4Cl)C(=O)C2CC2C(=CCC4C(=O)N(c5cccc([N+](=O)[O-])c5)C(=O)C42)C3C2=COc3ccc(O)cc3C2)cc1. The number of anilines is 2. The van der Waals surface area contributed by atoms with E-state index in [0.717, 1.165) is 9.91 Å². The molecule has 1 saturated carbocycles. The number of non-ortho nitro benzene ring substituents is 1. The van der Waals surface area contributed by atoms with Gasteiger partial charge in [-0.3, -0.25) is 34.7 Å². The molecule has 15 heteroatoms. The summed E-state index contributed by atoms with van der Waals surface area (Å²) in [5, 5.41) is 23.6. The van der Waals surface area contributed by atoms with Crippen molar-refractivity contribution in [2.45, 2.75) is 24.7 Å². The second kappa shape index (κ2) is 13.5. The largest absolute Gasteiger partial charge is 0.508 e. The van der Waals surface area contributed by atoms with Crippen molar-refractivity contribution < 1.29 is 38.7 Å². The van der Waals surface area contributed by atoms with Crippen molar-refractivity contribution in [3.05, 3.63) is 140 Å². The number of phenolic OH excluding ortho intramolecular Hbond substituents is 1. The first kappa shape index (κ1) is 36.5. The highest BCUT2D eigenvalue weighted by Crippen LogP contribution is 2.63. The van der Waals surface area contributed by atoms with Crippen molar-refractivity contribution >= 4 is 63.9 Å². The number of amides is 4. The van der Waals surface area contributed by atoms with Gasteiger partial charge in [-0.1, -0.05) is 53.1 Å². The highest BCUT2D eigenvalue weighted by atomic mass is 35.5. The summed E-state index contributed by atoms with van der Waals surface area (Å²) in [6.45, 7) is 0. The van der Waals surface area contributed by atoms with E-state index in [-0.39, 0.29) is 47.1 Å². The quantitative estimate of drug-likeness (QED) is 0.0847. The van der Waals surface area contributed by atoms with Gasteiger partial charge in [-0.15, -0.1) is 0 Å². The van der Waals surface area contributed by atoms with Crippen molar-refractivity contribution in [3.8, 4) is 17.2 Å². The first-order valence-electron chi connectivity index (χ1n) is 18.2. The van der Waals surface area contributed by atoms with Gasteiger partial charge in [0.25, 0.3) is 17.5 Å². The summed E-state index contributed by atoms with van der Waals surface area (Å²) in [6.07, 6.45) is 3.86. The van der Waals surface area contributed by atoms with E-state index in [1.54, 1.807) is 54.8 Å². The number of aromatic hydroxyl groups is 1. The van der Waals surface area contributed by atoms with E-state index in [1.807, 2.05) is 6.08 Å². The molecule has 3 fully saturated rings. The second-order valence-electron chi connectivity index (χ2n) is 14.8. The van der Waals surface area contributed by atoms with Gasteiger partial charge >= 0.3 is 0 Å². The minimum Gasteiger partial charge on any atom is -0.508 e. The van der Waals surface area contributed by atoms with Crippen molar-refractivity contribution in [3.63, 3.8) is 0 Å². The van der Waals surface area contributed by atoms with E-state index in [9.17, 15) is 24.8 Å². The maximum absolute atomic E-state index is 15.5. The average Bonchev–Trinajstić information content (AvgIpc) is 3.59. The third-order valence-electron chi connectivity index (χ3n) is 12.0. The fraction of sp³-hybridized carbons (Fsp3) is 0.238. The standard InChI is InChI=1S/C42H32Cl2N4O9/c1-56-28-9-5-23(6-10-28)42-32(39(51)47(41(42)53)45-34-13-7-24(43)17-33(34)44)19-31-29(37(42)22-15-21-16-27(49)8-14-35(21)57-20-22)11-12-30-36(31)40(52)46(38(30)50)25-3-2-4-26(18-25)48(54)55/h2-11,13-14,16-18,20,30-32,36-37,45,49H,12,15,19H2,1H3. The zero-order valence-electron chi connectivity index (χ0n) is 30.1. The first-order valence-corrected chi connectivity index (χ1v) is 18.9. The molecule has 0 radical (unpaired) electrons. The summed E-state index contributed by atoms with van der Waals surface area (Å²) < 4.78 is 11.6. The van der Waals surface area contributed by atoms with Crippen LogP contribution in [0.1, 0.15) is 24.0 Å². The zero-order chi connectivity index (χ0) is 39.9. The van der Waals surface area contributed by atoms with Crippen LogP contribution in [0, 0.1) is 39.7 Å². The van der Waals surface area contributed by atoms with Crippen molar-refractivity contribution in [1.82, 2.24) is 5.01 Å². The van der Waals surface area contributed by atoms with E-state index in [4.69, 9.17) is 32.7 Å². The molecule has 0 aromatic heterocycles. The smallest absolute Gasteiger partial charge is 0.271 e. The number of hydrogen-bond donors (Lipinski definition) is 2. The van der Waals surface area contributed by atoms with Gasteiger partial charge in [0.1, 0.15) is 17.2 Å². The molecule has 4 aromatic carbocycles. The maximum Gasteiger partial charge on any atom is 0.271 e. The summed E-state index contributed by atoms with van der Waals surface area (Å²) in [6, 6.07) is 21.7. The maximum atomic E-state index is 15.5. The van der Waals surface area contributed by atoms with Gasteiger partial charge in [-0.25, -0.2) is 4.90 Å². The molecular weight excluding hydrogens is 775 g/mol. The van der Waals surface area contributed by atoms with Crippen LogP contribution in [0.2, 0.25) is 10.0 Å². The Labute approximate surface area is 335 Å². The van der Waals surface area contributed by atoms with Crippen LogP contribution in [0.15, 0.2) is 108 Å². The molecule has 9 rings (SSSR count). The molecule has 6 atom stereocenters. The molecule has 57 heavy (non-hydrogen) atoms. The van der Waals surface area contributed by atoms with Crippen molar-refractivity contribution in [1.29, 1.82) is 0 Å². The summed E-state index contributed by atoms with van der Waals surface area (Å²) in [4.78, 5) is 71.4. The van der Waals surface area contributed by atoms with E-state index in [2.05, 4.69) is 5.43 Å². The lowest BCUT2D eigenvalue weighted by Crippen LogP contribution is -2.55. The number of carbonyl (C=O) groups is 4. The Morgan fingerprint density at radius 3 is 2.47 bits per heavy atom. The molecule has 4 aromatic rings. The summed E-state index contributed by atoms with van der Waals surface area (Å²) in [5.41, 5.74) is 3.89. The fourth-order valence-electron chi connectivity index (χ4n) is 9.66. The zero-order valence-corrected chi connectivity index (χ0v) is 31.6. The van der Waals surface area contributed by atoms with Gasteiger partial charge < -0.3 is 14.6 Å². The molecule has 0 bridgehead atoms. The van der Waals surface area contributed by atoms with Gasteiger partial charge in [-0.05, 0) is 84.5 Å². The molecular formula is C42H32Cl2N4O9. The summed E-state index contributed by atoms with van der Waals surface area (Å²) >= 11 is 12.7. The predicted molar refractivity (Wildman–Crippen MR) is 207 cm³/mol. The number of imide groups is 2. The van der Waals surface area contributed by atoms with E-state index >= 15 is 9.59 Å². The number of methoxy groups -OCH3 is 1. The number of ether oxygens (including phenoxy) is 2. The van der Waals surface area contributed by atoms with E-state index < -0.39 is 63.6 Å². The molecule has 3 aliphatic heterocycles. The Morgan fingerprint density at radius 1 is 0.947 bits per heavy atom. The Balaban J connectivity index is 1.23. The molecule has 5 aliphatic rings. The van der Waals surface area contributed by atoms with E-state index in [1.165, 1.54) is 43.5 Å². The van der Waals surface area contributed by atoms with Crippen molar-refractivity contribution in [2.24, 2.45) is 29.6 Å². The van der Waals surface area contributed by atoms with Gasteiger partial charge in [0.2, 0.25) is 11.8 Å². The average molecular weight is 808 g/mol. The molecule has 2 aliphatic carbocycles. The highest BCUT2D eigenvalue weighted by Gasteiger charge is 2.71. The number of hydrazine groups is 1. The Bertz CT molecular complexity index is 2500. The van der Waals surface area contributed by atoms with Crippen LogP contribution in [0.3, 0.4) is 0 Å². The molecule has 288 valence electrons. The van der Waals surface area contributed by atoms with Crippen molar-refractivity contribution in [2.75, 3.05) is 17.4 Å². The van der Waals surface area contributed by atoms with Gasteiger partial charge in [0.15, 0.2) is 0 Å². The van der Waals surface area contributed by atoms with Crippen LogP contribution < -0.4 is 19.8 Å². The number of hydrogen-bond acceptors (Lipinski definition) is 10. The Morgan fingerprint density at radius 2 is 1.74 bits per heavy atom. The lowest BCUT2D eigenvalue weighted by Gasteiger charge is -2.51. The number of carbonyl (C=O) groups excluding carboxylic acids is 4. The number of nitro benzene ring substituents is 1. The van der Waals surface area contributed by atoms with Crippen LogP contribution in [0.25, 0.3) is 0 Å². The van der Waals surface area contributed by atoms with Crippen LogP contribution in [0.4, 0.5) is 17.1 Å². The number of fused-ring (bicyclic) bond motifs is 5. The van der Waals surface area contributed by atoms with Crippen LogP contribution in [-0.2, 0) is 31.0 Å². The van der Waals surface area contributed by atoms with Gasteiger partial charge in [0.05, 0.1) is 57.9 Å². The molecule has 2 N–H and O–H groups in total. The van der Waals surface area contributed by atoms with Crippen LogP contribution in [0.5, 0.6) is 17.2 Å². The lowest BCUT2D eigenvalue weighted by atomic mass is 9.48. The molecule has 13 nitrogen and oxygen atoms in total. The second-order valence-corrected chi connectivity index (χ2v) is 15.6. The number of nitrogens with zero attached hydrogens (tertiary/aromatic N) is 3. The lowest BCUT2D eigenvalue weighted by molar-refractivity contribution is -0.384. The predicted octanol–water partition coefficient (Wildman–Crippen LogP) is 7.16. The number of benzene rings is 4. The minimum absolute atomic E-state index is 0.0138. The number of nitro groups is 1. The highest BCUT2D eigenvalue weighted by molar-refractivity contribution is 6.36. The van der Waals surface area contributed by atoms with E-state index in [0.29, 0.717) is 38.8 Å². The number of halogens is 2. The first-order chi connectivity index (χ1) is 27.4. The third kappa shape index (κ3) is 5.51. The number of rotatable bonds is 7. The van der Waals surface area contributed by atoms with Gasteiger partial charge in [-0.2, -0.15) is 5.01 Å². The fourth-order valence-corrected chi connectivity index (χ4v) is 10.1. The number of nitrogens with one attached hydrogen (secondary N) is 1. The van der Waals surface area contributed by atoms with Crippen LogP contribution in [-0.4, -0.2) is 45.8 Å². The summed E-state index contributed by atoms with van der Waals surface area (Å²) in [7, 11) is 1.52. The summed E-state index contributed by atoms with van der Waals surface area (Å²) in [5.74, 6) is -5.56. The Hall–Kier alpha value is -6.18. The number of phenols is 1.